The van der Waals surface area contributed by atoms with Crippen molar-refractivity contribution < 1.29 is 4.79 Å². The van der Waals surface area contributed by atoms with E-state index in [0.717, 1.165) is 5.70 Å². The van der Waals surface area contributed by atoms with Gasteiger partial charge in [-0.2, -0.15) is 10.2 Å². The number of azo groups is 1. The Labute approximate surface area is 171 Å². The van der Waals surface area contributed by atoms with E-state index in [1.807, 2.05) is 61.6 Å². The van der Waals surface area contributed by atoms with E-state index in [1.165, 1.54) is 11.3 Å². The normalized spacial score (nSPS) is 16.4. The third-order valence-corrected chi connectivity index (χ3v) is 5.47. The lowest BCUT2D eigenvalue weighted by Crippen LogP contribution is -2.22. The molecule has 144 valence electrons. The zero-order valence-electron chi connectivity index (χ0n) is 16.8. The second kappa shape index (κ2) is 7.47. The maximum Gasteiger partial charge on any atom is 0.195 e. The van der Waals surface area contributed by atoms with E-state index in [-0.39, 0.29) is 11.2 Å². The van der Waals surface area contributed by atoms with Crippen LogP contribution in [0.15, 0.2) is 101 Å². The molecule has 0 fully saturated rings. The van der Waals surface area contributed by atoms with Crippen LogP contribution in [0.1, 0.15) is 35.3 Å². The summed E-state index contributed by atoms with van der Waals surface area (Å²) in [4.78, 5) is 15.0. The van der Waals surface area contributed by atoms with Crippen LogP contribution >= 0.6 is 0 Å². The van der Waals surface area contributed by atoms with E-state index in [1.54, 1.807) is 12.3 Å². The van der Waals surface area contributed by atoms with Gasteiger partial charge < -0.3 is 4.90 Å². The number of nitrogens with zero attached hydrogens (tertiary/aromatic N) is 3. The molecule has 4 rings (SSSR count). The molecule has 0 aromatic heterocycles. The molecular formula is C25H23N3O. The summed E-state index contributed by atoms with van der Waals surface area (Å²) < 4.78 is 0. The Bertz CT molecular complexity index is 1110. The first-order valence-corrected chi connectivity index (χ1v) is 9.63. The summed E-state index contributed by atoms with van der Waals surface area (Å²) in [5.74, 6) is -0.0569. The number of rotatable bonds is 4. The molecule has 0 unspecified atom stereocenters. The van der Waals surface area contributed by atoms with Gasteiger partial charge in [-0.1, -0.05) is 74.5 Å². The van der Waals surface area contributed by atoms with Crippen molar-refractivity contribution in [3.63, 3.8) is 0 Å². The molecule has 1 aliphatic heterocycles. The number of hydrogen-bond acceptors (Lipinski definition) is 4. The number of hydrogen-bond donors (Lipinski definition) is 0. The number of para-hydroxylation sites is 1. The van der Waals surface area contributed by atoms with Gasteiger partial charge in [-0.25, -0.2) is 0 Å². The lowest BCUT2D eigenvalue weighted by atomic mass is 9.84. The SMILES string of the molecule is CN1C(=CN=Nc2ccccc2C(=O)c2ccccc2)C(C)(C)c2ccccc21. The van der Waals surface area contributed by atoms with Gasteiger partial charge in [0.25, 0.3) is 0 Å². The van der Waals surface area contributed by atoms with Crippen molar-refractivity contribution in [1.29, 1.82) is 0 Å². The van der Waals surface area contributed by atoms with Gasteiger partial charge in [-0.05, 0) is 23.8 Å². The molecule has 4 nitrogen and oxygen atoms in total. The fourth-order valence-electron chi connectivity index (χ4n) is 3.87. The molecule has 0 atom stereocenters. The van der Waals surface area contributed by atoms with Crippen LogP contribution in [-0.4, -0.2) is 12.8 Å². The molecule has 0 N–H and O–H groups in total. The van der Waals surface area contributed by atoms with Gasteiger partial charge in [-0.3, -0.25) is 4.79 Å². The number of likely N-dealkylation sites (N-methyl/N-ethyl adjacent to an activating group) is 1. The first-order chi connectivity index (χ1) is 14.0. The van der Waals surface area contributed by atoms with E-state index < -0.39 is 0 Å². The largest absolute Gasteiger partial charge is 0.346 e. The van der Waals surface area contributed by atoms with Crippen LogP contribution in [0.3, 0.4) is 0 Å². The highest BCUT2D eigenvalue weighted by molar-refractivity contribution is 6.11. The fourth-order valence-corrected chi connectivity index (χ4v) is 3.87. The van der Waals surface area contributed by atoms with E-state index in [4.69, 9.17) is 0 Å². The maximum atomic E-state index is 12.9. The first-order valence-electron chi connectivity index (χ1n) is 9.63. The third-order valence-electron chi connectivity index (χ3n) is 5.47. The molecule has 1 aliphatic rings. The average Bonchev–Trinajstić information content (AvgIpc) is 2.95. The van der Waals surface area contributed by atoms with Crippen LogP contribution in [0, 0.1) is 0 Å². The number of fused-ring (bicyclic) bond motifs is 1. The number of allylic oxidation sites excluding steroid dienone is 1. The van der Waals surface area contributed by atoms with E-state index >= 15 is 0 Å². The molecule has 0 spiro atoms. The van der Waals surface area contributed by atoms with Crippen molar-refractivity contribution >= 4 is 17.2 Å². The maximum absolute atomic E-state index is 12.9. The molecule has 29 heavy (non-hydrogen) atoms. The average molecular weight is 381 g/mol. The highest BCUT2D eigenvalue weighted by atomic mass is 16.1. The Kier molecular flexibility index (Phi) is 4.85. The Hall–Kier alpha value is -3.53. The highest BCUT2D eigenvalue weighted by Crippen LogP contribution is 2.46. The van der Waals surface area contributed by atoms with Crippen molar-refractivity contribution in [1.82, 2.24) is 0 Å². The molecule has 0 radical (unpaired) electrons. The summed E-state index contributed by atoms with van der Waals surface area (Å²) in [6.07, 6.45) is 1.80. The van der Waals surface area contributed by atoms with Crippen LogP contribution < -0.4 is 4.90 Å². The van der Waals surface area contributed by atoms with Crippen LogP contribution in [0.5, 0.6) is 0 Å². The molecule has 3 aromatic rings. The third kappa shape index (κ3) is 3.38. The predicted octanol–water partition coefficient (Wildman–Crippen LogP) is 6.27. The summed E-state index contributed by atoms with van der Waals surface area (Å²) in [7, 11) is 2.04. The van der Waals surface area contributed by atoms with Crippen molar-refractivity contribution in [2.24, 2.45) is 10.2 Å². The number of anilines is 1. The van der Waals surface area contributed by atoms with Gasteiger partial charge >= 0.3 is 0 Å². The fraction of sp³-hybridized carbons (Fsp3) is 0.160. The van der Waals surface area contributed by atoms with Crippen molar-refractivity contribution in [3.05, 3.63) is 107 Å². The number of carbonyl (C=O) groups is 1. The van der Waals surface area contributed by atoms with Gasteiger partial charge in [0.05, 0.1) is 17.5 Å². The Morgan fingerprint density at radius 1 is 0.897 bits per heavy atom. The Balaban J connectivity index is 1.65. The summed E-state index contributed by atoms with van der Waals surface area (Å²) >= 11 is 0. The molecule has 0 aliphatic carbocycles. The van der Waals surface area contributed by atoms with Crippen LogP contribution in [0.4, 0.5) is 11.4 Å². The lowest BCUT2D eigenvalue weighted by Gasteiger charge is -2.22. The van der Waals surface area contributed by atoms with Crippen LogP contribution in [0.2, 0.25) is 0 Å². The number of ketones is 1. The highest BCUT2D eigenvalue weighted by Gasteiger charge is 2.38. The number of carbonyl (C=O) groups excluding carboxylic acids is 1. The quantitative estimate of drug-likeness (QED) is 0.395. The van der Waals surface area contributed by atoms with Crippen LogP contribution in [0.25, 0.3) is 0 Å². The van der Waals surface area contributed by atoms with Crippen molar-refractivity contribution in [3.8, 4) is 0 Å². The summed E-state index contributed by atoms with van der Waals surface area (Å²) in [5, 5.41) is 8.74. The van der Waals surface area contributed by atoms with Crippen molar-refractivity contribution in [2.75, 3.05) is 11.9 Å². The lowest BCUT2D eigenvalue weighted by molar-refractivity contribution is 0.103. The Morgan fingerprint density at radius 2 is 1.55 bits per heavy atom. The summed E-state index contributed by atoms with van der Waals surface area (Å²) in [6, 6.07) is 24.9. The van der Waals surface area contributed by atoms with Gasteiger partial charge in [0.2, 0.25) is 0 Å². The minimum Gasteiger partial charge on any atom is -0.346 e. The first kappa shape index (κ1) is 18.8. The molecule has 3 aromatic carbocycles. The smallest absolute Gasteiger partial charge is 0.195 e. The molecule has 0 bridgehead atoms. The minimum absolute atomic E-state index is 0.0569. The molecule has 1 heterocycles. The minimum atomic E-state index is -0.163. The van der Waals surface area contributed by atoms with Gasteiger partial charge in [0.1, 0.15) is 0 Å². The van der Waals surface area contributed by atoms with Gasteiger partial charge in [0.15, 0.2) is 5.78 Å². The summed E-state index contributed by atoms with van der Waals surface area (Å²) in [5.41, 5.74) is 5.10. The predicted molar refractivity (Wildman–Crippen MR) is 117 cm³/mol. The Morgan fingerprint density at radius 3 is 2.31 bits per heavy atom. The monoisotopic (exact) mass is 381 g/mol. The topological polar surface area (TPSA) is 45.0 Å². The van der Waals surface area contributed by atoms with Gasteiger partial charge in [0, 0.05) is 29.4 Å². The summed E-state index contributed by atoms with van der Waals surface area (Å²) in [6.45, 7) is 4.37. The van der Waals surface area contributed by atoms with Crippen molar-refractivity contribution in [2.45, 2.75) is 19.3 Å². The molecule has 0 saturated heterocycles. The number of benzene rings is 3. The van der Waals surface area contributed by atoms with E-state index in [9.17, 15) is 4.79 Å². The molecular weight excluding hydrogens is 358 g/mol. The van der Waals surface area contributed by atoms with E-state index in [2.05, 4.69) is 47.2 Å². The zero-order valence-corrected chi connectivity index (χ0v) is 16.8. The second-order valence-electron chi connectivity index (χ2n) is 7.64. The molecule has 0 saturated carbocycles. The molecule has 4 heteroatoms. The van der Waals surface area contributed by atoms with Crippen LogP contribution in [-0.2, 0) is 5.41 Å². The standard InChI is InChI=1S/C25H23N3O/c1-25(2)20-14-8-10-16-22(20)28(3)23(25)17-26-27-21-15-9-7-13-19(21)24(29)18-11-5-4-6-12-18/h4-17H,1-3H3. The van der Waals surface area contributed by atoms with E-state index in [0.29, 0.717) is 16.8 Å². The van der Waals surface area contributed by atoms with Gasteiger partial charge in [-0.15, -0.1) is 0 Å². The second-order valence-corrected chi connectivity index (χ2v) is 7.64. The zero-order chi connectivity index (χ0) is 20.4. The molecule has 0 amide bonds.